The molecule has 2 heterocycles. The van der Waals surface area contributed by atoms with E-state index in [2.05, 4.69) is 0 Å². The summed E-state index contributed by atoms with van der Waals surface area (Å²) in [6.45, 7) is 7.01. The predicted molar refractivity (Wildman–Crippen MR) is 140 cm³/mol. The number of ether oxygens (including phenoxy) is 3. The van der Waals surface area contributed by atoms with Gasteiger partial charge in [0.05, 0.1) is 42.2 Å². The third kappa shape index (κ3) is 4.99. The summed E-state index contributed by atoms with van der Waals surface area (Å²) in [7, 11) is 1.35. The fourth-order valence-electron chi connectivity index (χ4n) is 4.18. The molecule has 4 rings (SSSR count). The Balaban J connectivity index is 1.88. The number of nitrogens with zero attached hydrogens (tertiary/aromatic N) is 2. The van der Waals surface area contributed by atoms with Crippen molar-refractivity contribution in [2.75, 3.05) is 20.3 Å². The summed E-state index contributed by atoms with van der Waals surface area (Å²) in [6, 6.07) is 14.5. The molecule has 8 heteroatoms. The van der Waals surface area contributed by atoms with Crippen molar-refractivity contribution in [3.63, 3.8) is 0 Å². The zero-order valence-electron chi connectivity index (χ0n) is 20.9. The van der Waals surface area contributed by atoms with E-state index in [0.29, 0.717) is 51.7 Å². The average molecular weight is 507 g/mol. The molecule has 1 atom stereocenters. The van der Waals surface area contributed by atoms with Crippen LogP contribution in [0.25, 0.3) is 6.08 Å². The van der Waals surface area contributed by atoms with Gasteiger partial charge in [-0.25, -0.2) is 9.79 Å². The first-order valence-corrected chi connectivity index (χ1v) is 12.9. The molecule has 0 unspecified atom stereocenters. The molecule has 3 aromatic rings. The Bertz CT molecular complexity index is 1450. The predicted octanol–water partition coefficient (Wildman–Crippen LogP) is 3.99. The zero-order valence-corrected chi connectivity index (χ0v) is 21.8. The lowest BCUT2D eigenvalue weighted by Crippen LogP contribution is -2.40. The molecular weight excluding hydrogens is 476 g/mol. The van der Waals surface area contributed by atoms with Crippen LogP contribution in [0.15, 0.2) is 69.6 Å². The summed E-state index contributed by atoms with van der Waals surface area (Å²) >= 11 is 1.30. The second-order valence-corrected chi connectivity index (χ2v) is 9.20. The van der Waals surface area contributed by atoms with Crippen LogP contribution in [0.5, 0.6) is 11.5 Å². The standard InChI is InChI=1S/C28H30N2O5S/c1-5-15-35-21-14-13-18(16-22(21)34-7-3)17-23-26(31)30-25(19-11-9-8-10-12-19)24(27(32)33-4)20(6-2)29-28(30)36-23/h8-14,16-17,25H,5-7,15H2,1-4H3/b23-17-/t25-/m1/s1. The smallest absolute Gasteiger partial charge is 0.338 e. The topological polar surface area (TPSA) is 79.1 Å². The number of allylic oxidation sites excluding steroid dienone is 1. The Labute approximate surface area is 214 Å². The fraction of sp³-hybridized carbons (Fsp3) is 0.321. The van der Waals surface area contributed by atoms with Gasteiger partial charge in [0.2, 0.25) is 0 Å². The monoisotopic (exact) mass is 506 g/mol. The largest absolute Gasteiger partial charge is 0.490 e. The first-order chi connectivity index (χ1) is 17.5. The van der Waals surface area contributed by atoms with Gasteiger partial charge in [0, 0.05) is 0 Å². The molecule has 7 nitrogen and oxygen atoms in total. The highest BCUT2D eigenvalue weighted by atomic mass is 32.1. The maximum atomic E-state index is 13.7. The van der Waals surface area contributed by atoms with Crippen LogP contribution in [0, 0.1) is 0 Å². The van der Waals surface area contributed by atoms with Crippen molar-refractivity contribution in [2.45, 2.75) is 39.7 Å². The summed E-state index contributed by atoms with van der Waals surface area (Å²) in [4.78, 5) is 31.8. The van der Waals surface area contributed by atoms with Crippen LogP contribution >= 0.6 is 11.3 Å². The van der Waals surface area contributed by atoms with E-state index in [1.165, 1.54) is 18.4 Å². The van der Waals surface area contributed by atoms with Gasteiger partial charge in [0.15, 0.2) is 16.3 Å². The molecule has 0 aliphatic carbocycles. The van der Waals surface area contributed by atoms with Crippen LogP contribution in [0.3, 0.4) is 0 Å². The molecule has 0 saturated carbocycles. The zero-order chi connectivity index (χ0) is 25.7. The third-order valence-electron chi connectivity index (χ3n) is 5.79. The van der Waals surface area contributed by atoms with Crippen molar-refractivity contribution in [1.29, 1.82) is 0 Å². The van der Waals surface area contributed by atoms with Crippen LogP contribution in [-0.4, -0.2) is 30.9 Å². The fourth-order valence-corrected chi connectivity index (χ4v) is 5.20. The lowest BCUT2D eigenvalue weighted by molar-refractivity contribution is -0.136. The number of rotatable bonds is 9. The molecule has 0 saturated heterocycles. The highest BCUT2D eigenvalue weighted by Crippen LogP contribution is 2.32. The van der Waals surface area contributed by atoms with Gasteiger partial charge in [-0.05, 0) is 49.1 Å². The molecule has 2 aromatic carbocycles. The number of carbonyl (C=O) groups excluding carboxylic acids is 1. The molecule has 1 aromatic heterocycles. The van der Waals surface area contributed by atoms with E-state index in [4.69, 9.17) is 19.2 Å². The van der Waals surface area contributed by atoms with Crippen molar-refractivity contribution in [3.8, 4) is 11.5 Å². The Kier molecular flexibility index (Phi) is 8.05. The maximum Gasteiger partial charge on any atom is 0.338 e. The molecule has 0 amide bonds. The molecule has 0 spiro atoms. The Morgan fingerprint density at radius 1 is 1.08 bits per heavy atom. The minimum Gasteiger partial charge on any atom is -0.490 e. The van der Waals surface area contributed by atoms with Crippen molar-refractivity contribution in [2.24, 2.45) is 4.99 Å². The van der Waals surface area contributed by atoms with Crippen molar-refractivity contribution in [1.82, 2.24) is 4.57 Å². The summed E-state index contributed by atoms with van der Waals surface area (Å²) in [5.41, 5.74) is 2.43. The normalized spacial score (nSPS) is 15.3. The average Bonchev–Trinajstić information content (AvgIpc) is 3.21. The minimum absolute atomic E-state index is 0.214. The van der Waals surface area contributed by atoms with E-state index in [0.717, 1.165) is 17.5 Å². The molecule has 0 bridgehead atoms. The first kappa shape index (κ1) is 25.4. The molecule has 36 heavy (non-hydrogen) atoms. The van der Waals surface area contributed by atoms with Gasteiger partial charge >= 0.3 is 5.97 Å². The Morgan fingerprint density at radius 2 is 1.86 bits per heavy atom. The molecule has 0 fully saturated rings. The van der Waals surface area contributed by atoms with E-state index < -0.39 is 12.0 Å². The number of benzene rings is 2. The number of hydrogen-bond acceptors (Lipinski definition) is 7. The number of carbonyl (C=O) groups is 1. The number of aromatic nitrogens is 1. The molecular formula is C28H30N2O5S. The molecule has 0 radical (unpaired) electrons. The highest BCUT2D eigenvalue weighted by Gasteiger charge is 2.33. The second kappa shape index (κ2) is 11.4. The lowest BCUT2D eigenvalue weighted by Gasteiger charge is -2.25. The number of esters is 1. The Morgan fingerprint density at radius 3 is 2.53 bits per heavy atom. The number of methoxy groups -OCH3 is 1. The number of fused-ring (bicyclic) bond motifs is 1. The van der Waals surface area contributed by atoms with E-state index in [1.807, 2.05) is 75.4 Å². The lowest BCUT2D eigenvalue weighted by atomic mass is 9.95. The SMILES string of the molecule is CCCOc1ccc(/C=c2\sc3n(c2=O)[C@H](c2ccccc2)C(C(=O)OC)=C(CC)N=3)cc1OCC. The second-order valence-electron chi connectivity index (χ2n) is 8.19. The molecule has 188 valence electrons. The highest BCUT2D eigenvalue weighted by molar-refractivity contribution is 7.07. The molecule has 1 aliphatic rings. The van der Waals surface area contributed by atoms with Crippen molar-refractivity contribution >= 4 is 23.4 Å². The van der Waals surface area contributed by atoms with Crippen molar-refractivity contribution < 1.29 is 19.0 Å². The van der Waals surface area contributed by atoms with Gasteiger partial charge in [-0.3, -0.25) is 9.36 Å². The van der Waals surface area contributed by atoms with Crippen LogP contribution in [-0.2, 0) is 9.53 Å². The van der Waals surface area contributed by atoms with Gasteiger partial charge in [-0.2, -0.15) is 0 Å². The summed E-state index contributed by atoms with van der Waals surface area (Å²) < 4.78 is 18.8. The molecule has 0 N–H and O–H groups in total. The summed E-state index contributed by atoms with van der Waals surface area (Å²) in [5.74, 6) is 0.829. The number of hydrogen-bond donors (Lipinski definition) is 0. The van der Waals surface area contributed by atoms with Crippen LogP contribution < -0.4 is 24.4 Å². The van der Waals surface area contributed by atoms with Gasteiger partial charge in [0.1, 0.15) is 0 Å². The van der Waals surface area contributed by atoms with Crippen LogP contribution in [0.2, 0.25) is 0 Å². The minimum atomic E-state index is -0.615. The Hall–Kier alpha value is -3.65. The van der Waals surface area contributed by atoms with Gasteiger partial charge in [0.25, 0.3) is 5.56 Å². The first-order valence-electron chi connectivity index (χ1n) is 12.1. The maximum absolute atomic E-state index is 13.7. The van der Waals surface area contributed by atoms with E-state index in [9.17, 15) is 9.59 Å². The van der Waals surface area contributed by atoms with Gasteiger partial charge < -0.3 is 14.2 Å². The van der Waals surface area contributed by atoms with E-state index >= 15 is 0 Å². The summed E-state index contributed by atoms with van der Waals surface area (Å²) in [6.07, 6.45) is 3.26. The number of thiazole rings is 1. The van der Waals surface area contributed by atoms with Crippen LogP contribution in [0.1, 0.15) is 50.8 Å². The molecule has 1 aliphatic heterocycles. The van der Waals surface area contributed by atoms with Crippen LogP contribution in [0.4, 0.5) is 0 Å². The summed E-state index contributed by atoms with van der Waals surface area (Å²) in [5, 5.41) is 0. The van der Waals surface area contributed by atoms with Crippen molar-refractivity contribution in [3.05, 3.63) is 90.6 Å². The third-order valence-corrected chi connectivity index (χ3v) is 6.78. The van der Waals surface area contributed by atoms with E-state index in [-0.39, 0.29) is 5.56 Å². The quantitative estimate of drug-likeness (QED) is 0.410. The van der Waals surface area contributed by atoms with Gasteiger partial charge in [-0.1, -0.05) is 61.6 Å². The van der Waals surface area contributed by atoms with Gasteiger partial charge in [-0.15, -0.1) is 0 Å². The van der Waals surface area contributed by atoms with E-state index in [1.54, 1.807) is 4.57 Å².